The first-order valence-corrected chi connectivity index (χ1v) is 9.54. The highest BCUT2D eigenvalue weighted by molar-refractivity contribution is 7.80. The minimum absolute atomic E-state index is 0.324. The van der Waals surface area contributed by atoms with Gasteiger partial charge in [-0.25, -0.2) is 0 Å². The van der Waals surface area contributed by atoms with Crippen LogP contribution >= 0.6 is 12.2 Å². The first kappa shape index (κ1) is 19.9. The summed E-state index contributed by atoms with van der Waals surface area (Å²) in [5, 5.41) is 7.35. The highest BCUT2D eigenvalue weighted by Crippen LogP contribution is 2.25. The average Bonchev–Trinajstić information content (AvgIpc) is 2.67. The lowest BCUT2D eigenvalue weighted by molar-refractivity contribution is 0.164. The van der Waals surface area contributed by atoms with Crippen molar-refractivity contribution >= 4 is 17.3 Å². The van der Waals surface area contributed by atoms with Crippen molar-refractivity contribution in [3.63, 3.8) is 0 Å². The molecule has 0 aromatic heterocycles. The summed E-state index contributed by atoms with van der Waals surface area (Å²) in [5.74, 6) is 0.893. The molecule has 1 fully saturated rings. The third kappa shape index (κ3) is 6.80. The molecular formula is C19H31N3O2S. The largest absolute Gasteiger partial charge is 0.497 e. The first-order valence-electron chi connectivity index (χ1n) is 9.13. The van der Waals surface area contributed by atoms with E-state index in [0.29, 0.717) is 11.2 Å². The Morgan fingerprint density at radius 2 is 1.84 bits per heavy atom. The number of ether oxygens (including phenoxy) is 2. The van der Waals surface area contributed by atoms with Crippen LogP contribution < -0.4 is 15.4 Å². The number of nitrogens with one attached hydrogen (secondary N) is 2. The second-order valence-corrected chi connectivity index (χ2v) is 6.78. The number of rotatable bonds is 9. The first-order chi connectivity index (χ1) is 12.2. The van der Waals surface area contributed by atoms with E-state index in [2.05, 4.69) is 27.7 Å². The Labute approximate surface area is 157 Å². The van der Waals surface area contributed by atoms with E-state index >= 15 is 0 Å². The summed E-state index contributed by atoms with van der Waals surface area (Å²) in [6.45, 7) is 4.68. The molecule has 0 spiro atoms. The minimum Gasteiger partial charge on any atom is -0.497 e. The molecule has 25 heavy (non-hydrogen) atoms. The molecule has 0 aliphatic carbocycles. The minimum atomic E-state index is 0.324. The monoisotopic (exact) mass is 365 g/mol. The molecule has 0 amide bonds. The summed E-state index contributed by atoms with van der Waals surface area (Å²) in [6, 6.07) is 8.72. The molecule has 1 unspecified atom stereocenters. The van der Waals surface area contributed by atoms with E-state index in [4.69, 9.17) is 21.7 Å². The number of thiocarbonyl (C=S) groups is 1. The van der Waals surface area contributed by atoms with Gasteiger partial charge in [-0.05, 0) is 62.3 Å². The van der Waals surface area contributed by atoms with Crippen LogP contribution in [0.4, 0.5) is 0 Å². The zero-order valence-electron chi connectivity index (χ0n) is 15.4. The van der Waals surface area contributed by atoms with Crippen LogP contribution in [0.15, 0.2) is 24.3 Å². The Morgan fingerprint density at radius 3 is 2.48 bits per heavy atom. The van der Waals surface area contributed by atoms with Crippen LogP contribution in [0, 0.1) is 0 Å². The summed E-state index contributed by atoms with van der Waals surface area (Å²) >= 11 is 5.41. The van der Waals surface area contributed by atoms with E-state index < -0.39 is 0 Å². The molecule has 140 valence electrons. The van der Waals surface area contributed by atoms with Gasteiger partial charge in [-0.1, -0.05) is 18.6 Å². The smallest absolute Gasteiger partial charge is 0.166 e. The molecule has 0 saturated carbocycles. The topological polar surface area (TPSA) is 45.8 Å². The zero-order valence-corrected chi connectivity index (χ0v) is 16.2. The van der Waals surface area contributed by atoms with E-state index in [0.717, 1.165) is 45.0 Å². The summed E-state index contributed by atoms with van der Waals surface area (Å²) in [7, 11) is 3.42. The summed E-state index contributed by atoms with van der Waals surface area (Å²) < 4.78 is 10.3. The van der Waals surface area contributed by atoms with Crippen LogP contribution in [-0.2, 0) is 4.74 Å². The van der Waals surface area contributed by atoms with Crippen LogP contribution in [0.25, 0.3) is 0 Å². The molecule has 6 heteroatoms. The van der Waals surface area contributed by atoms with Crippen LogP contribution in [0.2, 0.25) is 0 Å². The van der Waals surface area contributed by atoms with Crippen LogP contribution in [0.1, 0.15) is 37.3 Å². The normalized spacial score (nSPS) is 16.2. The molecule has 1 aliphatic rings. The lowest BCUT2D eigenvalue weighted by Crippen LogP contribution is -2.43. The number of nitrogens with zero attached hydrogens (tertiary/aromatic N) is 1. The highest BCUT2D eigenvalue weighted by Gasteiger charge is 2.22. The molecule has 1 aliphatic heterocycles. The number of likely N-dealkylation sites (tertiary alicyclic amines) is 1. The van der Waals surface area contributed by atoms with Crippen molar-refractivity contribution < 1.29 is 9.47 Å². The van der Waals surface area contributed by atoms with Gasteiger partial charge in [-0.3, -0.25) is 4.90 Å². The number of benzene rings is 1. The Morgan fingerprint density at radius 1 is 1.12 bits per heavy atom. The SMILES string of the molecule is COCCCNC(=S)NCC(c1ccc(OC)cc1)N1CCCCC1. The number of hydrogen-bond donors (Lipinski definition) is 2. The number of piperidine rings is 1. The van der Waals surface area contributed by atoms with Crippen molar-refractivity contribution in [1.29, 1.82) is 0 Å². The van der Waals surface area contributed by atoms with E-state index in [1.54, 1.807) is 14.2 Å². The summed E-state index contributed by atoms with van der Waals surface area (Å²) in [6.07, 6.45) is 4.82. The second kappa shape index (κ2) is 11.3. The van der Waals surface area contributed by atoms with Gasteiger partial charge in [0.1, 0.15) is 5.75 Å². The molecule has 1 saturated heterocycles. The predicted molar refractivity (Wildman–Crippen MR) is 106 cm³/mol. The maximum Gasteiger partial charge on any atom is 0.166 e. The fraction of sp³-hybridized carbons (Fsp3) is 0.632. The molecular weight excluding hydrogens is 334 g/mol. The van der Waals surface area contributed by atoms with E-state index in [9.17, 15) is 0 Å². The molecule has 1 aromatic carbocycles. The van der Waals surface area contributed by atoms with Crippen molar-refractivity contribution in [2.24, 2.45) is 0 Å². The molecule has 2 rings (SSSR count). The maximum absolute atomic E-state index is 5.41. The van der Waals surface area contributed by atoms with Gasteiger partial charge in [0.2, 0.25) is 0 Å². The molecule has 5 nitrogen and oxygen atoms in total. The van der Waals surface area contributed by atoms with Gasteiger partial charge >= 0.3 is 0 Å². The van der Waals surface area contributed by atoms with Gasteiger partial charge in [0.15, 0.2) is 5.11 Å². The maximum atomic E-state index is 5.41. The van der Waals surface area contributed by atoms with Crippen LogP contribution in [-0.4, -0.2) is 57.0 Å². The van der Waals surface area contributed by atoms with Gasteiger partial charge in [-0.2, -0.15) is 0 Å². The molecule has 0 bridgehead atoms. The predicted octanol–water partition coefficient (Wildman–Crippen LogP) is 2.72. The third-order valence-electron chi connectivity index (χ3n) is 4.60. The quantitative estimate of drug-likeness (QED) is 0.518. The molecule has 1 atom stereocenters. The van der Waals surface area contributed by atoms with Crippen LogP contribution in [0.3, 0.4) is 0 Å². The number of methoxy groups -OCH3 is 2. The van der Waals surface area contributed by atoms with Gasteiger partial charge in [0, 0.05) is 26.8 Å². The average molecular weight is 366 g/mol. The zero-order chi connectivity index (χ0) is 17.9. The van der Waals surface area contributed by atoms with Gasteiger partial charge in [-0.15, -0.1) is 0 Å². The van der Waals surface area contributed by atoms with Crippen molar-refractivity contribution in [3.8, 4) is 5.75 Å². The van der Waals surface area contributed by atoms with Crippen LogP contribution in [0.5, 0.6) is 5.75 Å². The molecule has 1 heterocycles. The van der Waals surface area contributed by atoms with Crippen molar-refractivity contribution in [3.05, 3.63) is 29.8 Å². The Hall–Kier alpha value is -1.37. The molecule has 0 radical (unpaired) electrons. The number of hydrogen-bond acceptors (Lipinski definition) is 4. The standard InChI is InChI=1S/C19H31N3O2S/c1-23-14-6-11-20-19(25)21-15-18(22-12-4-3-5-13-22)16-7-9-17(24-2)10-8-16/h7-10,18H,3-6,11-15H2,1-2H3,(H2,20,21,25). The Bertz CT molecular complexity index is 504. The summed E-state index contributed by atoms with van der Waals surface area (Å²) in [5.41, 5.74) is 1.30. The van der Waals surface area contributed by atoms with Crippen molar-refractivity contribution in [1.82, 2.24) is 15.5 Å². The fourth-order valence-electron chi connectivity index (χ4n) is 3.18. The van der Waals surface area contributed by atoms with E-state index in [-0.39, 0.29) is 0 Å². The lowest BCUT2D eigenvalue weighted by Gasteiger charge is -2.35. The summed E-state index contributed by atoms with van der Waals surface area (Å²) in [4.78, 5) is 2.56. The highest BCUT2D eigenvalue weighted by atomic mass is 32.1. The third-order valence-corrected chi connectivity index (χ3v) is 4.89. The van der Waals surface area contributed by atoms with Gasteiger partial charge in [0.25, 0.3) is 0 Å². The Balaban J connectivity index is 1.93. The van der Waals surface area contributed by atoms with E-state index in [1.165, 1.54) is 24.8 Å². The van der Waals surface area contributed by atoms with E-state index in [1.807, 2.05) is 12.1 Å². The van der Waals surface area contributed by atoms with Crippen molar-refractivity contribution in [2.45, 2.75) is 31.7 Å². The molecule has 2 N–H and O–H groups in total. The fourth-order valence-corrected chi connectivity index (χ4v) is 3.37. The second-order valence-electron chi connectivity index (χ2n) is 6.37. The molecule has 1 aromatic rings. The van der Waals surface area contributed by atoms with Gasteiger partial charge < -0.3 is 20.1 Å². The lowest BCUT2D eigenvalue weighted by atomic mass is 10.0. The Kier molecular flexibility index (Phi) is 9.00. The van der Waals surface area contributed by atoms with Gasteiger partial charge in [0.05, 0.1) is 13.2 Å². The van der Waals surface area contributed by atoms with Crippen molar-refractivity contribution in [2.75, 3.05) is 47.0 Å².